The van der Waals surface area contributed by atoms with Crippen molar-refractivity contribution in [3.05, 3.63) is 29.3 Å². The van der Waals surface area contributed by atoms with Crippen molar-refractivity contribution in [3.63, 3.8) is 0 Å². The molecule has 0 radical (unpaired) electrons. The van der Waals surface area contributed by atoms with Crippen molar-refractivity contribution in [3.8, 4) is 5.75 Å². The van der Waals surface area contributed by atoms with Crippen LogP contribution in [-0.4, -0.2) is 36.3 Å². The molecule has 5 heteroatoms. The van der Waals surface area contributed by atoms with E-state index in [0.29, 0.717) is 18.7 Å². The molecule has 1 aliphatic heterocycles. The minimum absolute atomic E-state index is 0.287. The Morgan fingerprint density at radius 2 is 2.06 bits per heavy atom. The molecule has 0 aromatic heterocycles. The van der Waals surface area contributed by atoms with Crippen molar-refractivity contribution >= 4 is 0 Å². The fraction of sp³-hybridized carbons (Fsp3) is 0.500. The number of phenolic OH excluding ortho intramolecular Hbond substituents is 1. The zero-order chi connectivity index (χ0) is 12.4. The van der Waals surface area contributed by atoms with Gasteiger partial charge in [0.05, 0.1) is 6.61 Å². The lowest BCUT2D eigenvalue weighted by molar-refractivity contribution is 0.156. The highest BCUT2D eigenvalue weighted by Crippen LogP contribution is 2.23. The second-order valence-corrected chi connectivity index (χ2v) is 4.34. The van der Waals surface area contributed by atoms with E-state index in [1.807, 2.05) is 11.9 Å². The minimum Gasteiger partial charge on any atom is -0.503 e. The molecule has 2 rings (SSSR count). The number of nitrogens with zero attached hydrogens (tertiary/aromatic N) is 1. The molecule has 1 unspecified atom stereocenters. The van der Waals surface area contributed by atoms with E-state index < -0.39 is 17.4 Å². The van der Waals surface area contributed by atoms with Gasteiger partial charge in [0, 0.05) is 19.2 Å². The zero-order valence-corrected chi connectivity index (χ0v) is 9.62. The van der Waals surface area contributed by atoms with Crippen molar-refractivity contribution in [1.82, 2.24) is 4.90 Å². The summed E-state index contributed by atoms with van der Waals surface area (Å²) in [7, 11) is 1.89. The number of hydrogen-bond acceptors (Lipinski definition) is 3. The Kier molecular flexibility index (Phi) is 3.59. The molecule has 0 amide bonds. The first kappa shape index (κ1) is 12.3. The maximum Gasteiger partial charge on any atom is 0.187 e. The molecule has 3 nitrogen and oxygen atoms in total. The maximum atomic E-state index is 13.1. The van der Waals surface area contributed by atoms with E-state index in [2.05, 4.69) is 0 Å². The third kappa shape index (κ3) is 2.73. The van der Waals surface area contributed by atoms with Crippen LogP contribution in [0.4, 0.5) is 8.78 Å². The Bertz CT molecular complexity index is 382. The highest BCUT2D eigenvalue weighted by Gasteiger charge is 2.21. The second kappa shape index (κ2) is 4.98. The van der Waals surface area contributed by atoms with Crippen LogP contribution in [0.3, 0.4) is 0 Å². The first-order chi connectivity index (χ1) is 8.08. The van der Waals surface area contributed by atoms with Crippen LogP contribution in [0.5, 0.6) is 5.75 Å². The van der Waals surface area contributed by atoms with Gasteiger partial charge in [0.15, 0.2) is 17.4 Å². The highest BCUT2D eigenvalue weighted by atomic mass is 19.1. The molecule has 0 aliphatic carbocycles. The van der Waals surface area contributed by atoms with Crippen LogP contribution in [0.2, 0.25) is 0 Å². The van der Waals surface area contributed by atoms with E-state index in [0.717, 1.165) is 25.2 Å². The van der Waals surface area contributed by atoms with Crippen LogP contribution in [0.1, 0.15) is 12.0 Å². The van der Waals surface area contributed by atoms with Crippen LogP contribution in [-0.2, 0) is 11.3 Å². The van der Waals surface area contributed by atoms with Gasteiger partial charge in [-0.15, -0.1) is 0 Å². The summed E-state index contributed by atoms with van der Waals surface area (Å²) in [5.41, 5.74) is 0.507. The Balaban J connectivity index is 2.07. The number of benzene rings is 1. The highest BCUT2D eigenvalue weighted by molar-refractivity contribution is 5.30. The number of rotatable bonds is 3. The van der Waals surface area contributed by atoms with Gasteiger partial charge in [-0.05, 0) is 31.2 Å². The molecular weight excluding hydrogens is 228 g/mol. The Morgan fingerprint density at radius 1 is 1.41 bits per heavy atom. The summed E-state index contributed by atoms with van der Waals surface area (Å²) >= 11 is 0. The predicted octanol–water partition coefficient (Wildman–Crippen LogP) is 1.89. The molecule has 17 heavy (non-hydrogen) atoms. The zero-order valence-electron chi connectivity index (χ0n) is 9.62. The van der Waals surface area contributed by atoms with Crippen molar-refractivity contribution in [2.45, 2.75) is 19.0 Å². The molecule has 1 aliphatic rings. The van der Waals surface area contributed by atoms with Crippen molar-refractivity contribution < 1.29 is 18.6 Å². The Labute approximate surface area is 98.6 Å². The number of ether oxygens (including phenoxy) is 1. The van der Waals surface area contributed by atoms with Crippen LogP contribution in [0.15, 0.2) is 12.1 Å². The molecule has 1 aromatic rings. The number of phenols is 1. The third-order valence-electron chi connectivity index (χ3n) is 3.04. The quantitative estimate of drug-likeness (QED) is 0.880. The van der Waals surface area contributed by atoms with Gasteiger partial charge in [-0.2, -0.15) is 0 Å². The molecule has 0 spiro atoms. The molecular formula is C12H15F2NO2. The van der Waals surface area contributed by atoms with E-state index in [9.17, 15) is 8.78 Å². The average Bonchev–Trinajstić information content (AvgIpc) is 2.79. The number of halogens is 2. The molecule has 1 heterocycles. The van der Waals surface area contributed by atoms with Crippen molar-refractivity contribution in [2.24, 2.45) is 0 Å². The standard InChI is InChI=1S/C12H15F2NO2/c1-15(9-2-3-17-7-9)6-8-4-10(13)12(16)11(14)5-8/h4-5,9,16H,2-3,6-7H2,1H3. The summed E-state index contributed by atoms with van der Waals surface area (Å²) in [6, 6.07) is 2.60. The normalized spacial score (nSPS) is 20.1. The lowest BCUT2D eigenvalue weighted by Gasteiger charge is -2.22. The number of hydrogen-bond donors (Lipinski definition) is 1. The number of aromatic hydroxyl groups is 1. The van der Waals surface area contributed by atoms with Gasteiger partial charge in [0.1, 0.15) is 0 Å². The van der Waals surface area contributed by atoms with E-state index in [1.165, 1.54) is 0 Å². The molecule has 1 aromatic carbocycles. The van der Waals surface area contributed by atoms with Gasteiger partial charge in [-0.1, -0.05) is 0 Å². The summed E-state index contributed by atoms with van der Waals surface area (Å²) in [5, 5.41) is 8.99. The first-order valence-electron chi connectivity index (χ1n) is 5.53. The SMILES string of the molecule is CN(Cc1cc(F)c(O)c(F)c1)C1CCOC1. The molecule has 0 saturated carbocycles. The maximum absolute atomic E-state index is 13.1. The van der Waals surface area contributed by atoms with Crippen LogP contribution in [0.25, 0.3) is 0 Å². The van der Waals surface area contributed by atoms with Gasteiger partial charge in [-0.3, -0.25) is 4.90 Å². The monoisotopic (exact) mass is 243 g/mol. The fourth-order valence-corrected chi connectivity index (χ4v) is 2.00. The molecule has 94 valence electrons. The van der Waals surface area contributed by atoms with Crippen molar-refractivity contribution in [2.75, 3.05) is 20.3 Å². The van der Waals surface area contributed by atoms with E-state index >= 15 is 0 Å². The largest absolute Gasteiger partial charge is 0.503 e. The minimum atomic E-state index is -0.920. The first-order valence-corrected chi connectivity index (χ1v) is 5.53. The molecule has 1 fully saturated rings. The van der Waals surface area contributed by atoms with Gasteiger partial charge in [-0.25, -0.2) is 8.78 Å². The van der Waals surface area contributed by atoms with Gasteiger partial charge >= 0.3 is 0 Å². The third-order valence-corrected chi connectivity index (χ3v) is 3.04. The van der Waals surface area contributed by atoms with Crippen LogP contribution in [0, 0.1) is 11.6 Å². The average molecular weight is 243 g/mol. The van der Waals surface area contributed by atoms with E-state index in [4.69, 9.17) is 9.84 Å². The molecule has 1 atom stereocenters. The summed E-state index contributed by atoms with van der Waals surface area (Å²) in [4.78, 5) is 2.00. The Hall–Kier alpha value is -1.20. The lowest BCUT2D eigenvalue weighted by atomic mass is 10.1. The number of likely N-dealkylation sites (N-methyl/N-ethyl adjacent to an activating group) is 1. The predicted molar refractivity (Wildman–Crippen MR) is 58.7 cm³/mol. The lowest BCUT2D eigenvalue weighted by Crippen LogP contribution is -2.31. The molecule has 1 N–H and O–H groups in total. The van der Waals surface area contributed by atoms with Gasteiger partial charge < -0.3 is 9.84 Å². The van der Waals surface area contributed by atoms with Crippen LogP contribution < -0.4 is 0 Å². The van der Waals surface area contributed by atoms with Crippen molar-refractivity contribution in [1.29, 1.82) is 0 Å². The topological polar surface area (TPSA) is 32.7 Å². The fourth-order valence-electron chi connectivity index (χ4n) is 2.00. The smallest absolute Gasteiger partial charge is 0.187 e. The van der Waals surface area contributed by atoms with E-state index in [1.54, 1.807) is 0 Å². The molecule has 1 saturated heterocycles. The second-order valence-electron chi connectivity index (χ2n) is 4.34. The van der Waals surface area contributed by atoms with Gasteiger partial charge in [0.2, 0.25) is 0 Å². The summed E-state index contributed by atoms with van der Waals surface area (Å²) in [6.45, 7) is 1.81. The van der Waals surface area contributed by atoms with E-state index in [-0.39, 0.29) is 6.04 Å². The molecule has 0 bridgehead atoms. The summed E-state index contributed by atoms with van der Waals surface area (Å²) in [6.07, 6.45) is 0.930. The summed E-state index contributed by atoms with van der Waals surface area (Å²) in [5.74, 6) is -2.76. The van der Waals surface area contributed by atoms with Gasteiger partial charge in [0.25, 0.3) is 0 Å². The van der Waals surface area contributed by atoms with Crippen LogP contribution >= 0.6 is 0 Å². The summed E-state index contributed by atoms with van der Waals surface area (Å²) < 4.78 is 31.5. The Morgan fingerprint density at radius 3 is 2.59 bits per heavy atom.